The van der Waals surface area contributed by atoms with E-state index < -0.39 is 0 Å². The van der Waals surface area contributed by atoms with Gasteiger partial charge in [-0.2, -0.15) is 0 Å². The fourth-order valence-electron chi connectivity index (χ4n) is 1.35. The van der Waals surface area contributed by atoms with Gasteiger partial charge in [0.05, 0.1) is 0 Å². The molecule has 1 heterocycles. The molecule has 0 bridgehead atoms. The lowest BCUT2D eigenvalue weighted by Crippen LogP contribution is -1.99. The topological polar surface area (TPSA) is 49.3 Å². The Balaban J connectivity index is 0.000000980. The van der Waals surface area contributed by atoms with Crippen LogP contribution < -0.4 is 0 Å². The van der Waals surface area contributed by atoms with Crippen LogP contribution in [-0.4, -0.2) is 15.0 Å². The van der Waals surface area contributed by atoms with Crippen molar-refractivity contribution in [2.24, 2.45) is 0 Å². The van der Waals surface area contributed by atoms with Crippen LogP contribution in [-0.2, 0) is 6.54 Å². The fourth-order valence-corrected chi connectivity index (χ4v) is 1.35. The molecule has 1 aromatic heterocycles. The summed E-state index contributed by atoms with van der Waals surface area (Å²) in [5.74, 6) is 1.06. The Morgan fingerprint density at radius 1 is 1.21 bits per heavy atom. The van der Waals surface area contributed by atoms with Crippen LogP contribution in [0.3, 0.4) is 0 Å². The zero-order chi connectivity index (χ0) is 9.10. The van der Waals surface area contributed by atoms with Gasteiger partial charge in [0.1, 0.15) is 5.82 Å². The molecule has 3 heteroatoms. The lowest BCUT2D eigenvalue weighted by Gasteiger charge is -2.03. The molecule has 3 nitrogen and oxygen atoms in total. The lowest BCUT2D eigenvalue weighted by atomic mass is 10.2. The lowest BCUT2D eigenvalue weighted by molar-refractivity contribution is 0.762. The summed E-state index contributed by atoms with van der Waals surface area (Å²) in [5.41, 5.74) is 1.31. The molecule has 0 saturated heterocycles. The largest absolute Gasteiger partial charge is 0.412 e. The number of rotatable bonds is 2. The van der Waals surface area contributed by atoms with Crippen molar-refractivity contribution in [3.05, 3.63) is 54.1 Å². The molecule has 74 valence electrons. The molecule has 0 aliphatic carbocycles. The maximum Gasteiger partial charge on any atom is 0.105 e. The maximum absolute atomic E-state index is 4.18. The molecule has 0 amide bonds. The Kier molecular flexibility index (Phi) is 3.42. The standard InChI is InChI=1S/C11H12N2.H2O/c1-10-12-7-8-13(10)9-11-5-3-2-4-6-11;/h2-8H,9H2,1H3;1H2. The summed E-state index contributed by atoms with van der Waals surface area (Å²) >= 11 is 0. The SMILES string of the molecule is Cc1nccn1Cc1ccccc1.O. The molecular weight excluding hydrogens is 176 g/mol. The van der Waals surface area contributed by atoms with Crippen LogP contribution in [0.25, 0.3) is 0 Å². The number of hydrogen-bond acceptors (Lipinski definition) is 1. The Morgan fingerprint density at radius 2 is 1.93 bits per heavy atom. The van der Waals surface area contributed by atoms with Gasteiger partial charge in [0.2, 0.25) is 0 Å². The highest BCUT2D eigenvalue weighted by molar-refractivity contribution is 5.15. The van der Waals surface area contributed by atoms with Crippen molar-refractivity contribution < 1.29 is 5.48 Å². The third-order valence-corrected chi connectivity index (χ3v) is 2.12. The molecule has 2 rings (SSSR count). The van der Waals surface area contributed by atoms with Crippen LogP contribution in [0.15, 0.2) is 42.7 Å². The van der Waals surface area contributed by atoms with Gasteiger partial charge in [0.15, 0.2) is 0 Å². The Bertz CT molecular complexity index is 381. The van der Waals surface area contributed by atoms with E-state index in [0.717, 1.165) is 12.4 Å². The summed E-state index contributed by atoms with van der Waals surface area (Å²) in [5, 5.41) is 0. The molecule has 0 aliphatic heterocycles. The van der Waals surface area contributed by atoms with Gasteiger partial charge in [-0.05, 0) is 12.5 Å². The number of imidazole rings is 1. The highest BCUT2D eigenvalue weighted by Crippen LogP contribution is 2.03. The van der Waals surface area contributed by atoms with Crippen LogP contribution in [0.5, 0.6) is 0 Å². The van der Waals surface area contributed by atoms with Gasteiger partial charge >= 0.3 is 0 Å². The minimum atomic E-state index is 0. The molecule has 14 heavy (non-hydrogen) atoms. The Hall–Kier alpha value is -1.61. The zero-order valence-electron chi connectivity index (χ0n) is 8.14. The van der Waals surface area contributed by atoms with Crippen LogP contribution in [0.1, 0.15) is 11.4 Å². The number of hydrogen-bond donors (Lipinski definition) is 0. The van der Waals surface area contributed by atoms with Crippen LogP contribution in [0, 0.1) is 6.92 Å². The van der Waals surface area contributed by atoms with E-state index in [0.29, 0.717) is 0 Å². The molecule has 0 radical (unpaired) electrons. The van der Waals surface area contributed by atoms with Gasteiger partial charge in [0, 0.05) is 18.9 Å². The maximum atomic E-state index is 4.18. The molecule has 0 aliphatic rings. The van der Waals surface area contributed by atoms with Crippen molar-refractivity contribution in [2.45, 2.75) is 13.5 Å². The Labute approximate surface area is 83.3 Å². The molecule has 0 unspecified atom stereocenters. The van der Waals surface area contributed by atoms with Crippen molar-refractivity contribution in [3.63, 3.8) is 0 Å². The average molecular weight is 190 g/mol. The predicted molar refractivity (Wildman–Crippen MR) is 56.1 cm³/mol. The second-order valence-electron chi connectivity index (χ2n) is 3.09. The van der Waals surface area contributed by atoms with E-state index in [1.54, 1.807) is 0 Å². The molecular formula is C11H14N2O. The summed E-state index contributed by atoms with van der Waals surface area (Å²) in [4.78, 5) is 4.18. The third-order valence-electron chi connectivity index (χ3n) is 2.12. The summed E-state index contributed by atoms with van der Waals surface area (Å²) in [6.07, 6.45) is 3.83. The minimum Gasteiger partial charge on any atom is -0.412 e. The molecule has 2 N–H and O–H groups in total. The van der Waals surface area contributed by atoms with Gasteiger partial charge in [-0.25, -0.2) is 4.98 Å². The molecule has 0 fully saturated rings. The van der Waals surface area contributed by atoms with Gasteiger partial charge in [-0.3, -0.25) is 0 Å². The monoisotopic (exact) mass is 190 g/mol. The van der Waals surface area contributed by atoms with Crippen LogP contribution >= 0.6 is 0 Å². The highest BCUT2D eigenvalue weighted by atomic mass is 16.0. The first-order valence-corrected chi connectivity index (χ1v) is 4.38. The predicted octanol–water partition coefficient (Wildman–Crippen LogP) is 1.42. The van der Waals surface area contributed by atoms with Crippen molar-refractivity contribution in [1.29, 1.82) is 0 Å². The van der Waals surface area contributed by atoms with Crippen molar-refractivity contribution in [3.8, 4) is 0 Å². The molecule has 0 saturated carbocycles. The quantitative estimate of drug-likeness (QED) is 0.706. The van der Waals surface area contributed by atoms with Gasteiger partial charge in [-0.1, -0.05) is 30.3 Å². The highest BCUT2D eigenvalue weighted by Gasteiger charge is 1.96. The van der Waals surface area contributed by atoms with Crippen molar-refractivity contribution >= 4 is 0 Å². The number of nitrogens with zero attached hydrogens (tertiary/aromatic N) is 2. The van der Waals surface area contributed by atoms with E-state index in [-0.39, 0.29) is 5.48 Å². The third kappa shape index (κ3) is 2.20. The first kappa shape index (κ1) is 10.5. The summed E-state index contributed by atoms with van der Waals surface area (Å²) in [6.45, 7) is 2.93. The summed E-state index contributed by atoms with van der Waals surface area (Å²) in [7, 11) is 0. The summed E-state index contributed by atoms with van der Waals surface area (Å²) in [6, 6.07) is 10.4. The van der Waals surface area contributed by atoms with E-state index >= 15 is 0 Å². The summed E-state index contributed by atoms with van der Waals surface area (Å²) < 4.78 is 2.13. The normalized spacial score (nSPS) is 9.50. The fraction of sp³-hybridized carbons (Fsp3) is 0.182. The second-order valence-corrected chi connectivity index (χ2v) is 3.09. The molecule has 1 aromatic carbocycles. The average Bonchev–Trinajstić information content (AvgIpc) is 2.54. The van der Waals surface area contributed by atoms with Crippen molar-refractivity contribution in [1.82, 2.24) is 9.55 Å². The van der Waals surface area contributed by atoms with Gasteiger partial charge < -0.3 is 10.0 Å². The molecule has 0 atom stereocenters. The van der Waals surface area contributed by atoms with Crippen LogP contribution in [0.4, 0.5) is 0 Å². The number of aromatic nitrogens is 2. The van der Waals surface area contributed by atoms with Gasteiger partial charge in [-0.15, -0.1) is 0 Å². The molecule has 0 spiro atoms. The Morgan fingerprint density at radius 3 is 2.50 bits per heavy atom. The van der Waals surface area contributed by atoms with Gasteiger partial charge in [0.25, 0.3) is 0 Å². The van der Waals surface area contributed by atoms with E-state index in [2.05, 4.69) is 33.8 Å². The van der Waals surface area contributed by atoms with E-state index in [4.69, 9.17) is 0 Å². The minimum absolute atomic E-state index is 0. The van der Waals surface area contributed by atoms with E-state index in [1.807, 2.05) is 25.4 Å². The first-order chi connectivity index (χ1) is 6.36. The van der Waals surface area contributed by atoms with Crippen molar-refractivity contribution in [2.75, 3.05) is 0 Å². The number of benzene rings is 1. The van der Waals surface area contributed by atoms with E-state index in [9.17, 15) is 0 Å². The first-order valence-electron chi connectivity index (χ1n) is 4.38. The molecule has 2 aromatic rings. The second kappa shape index (κ2) is 4.58. The zero-order valence-corrected chi connectivity index (χ0v) is 8.14. The van der Waals surface area contributed by atoms with E-state index in [1.165, 1.54) is 5.56 Å². The number of aryl methyl sites for hydroxylation is 1. The van der Waals surface area contributed by atoms with Crippen LogP contribution in [0.2, 0.25) is 0 Å². The smallest absolute Gasteiger partial charge is 0.105 e.